The van der Waals surface area contributed by atoms with Crippen LogP contribution in [0.3, 0.4) is 0 Å². The summed E-state index contributed by atoms with van der Waals surface area (Å²) in [6, 6.07) is 7.95. The highest BCUT2D eigenvalue weighted by Crippen LogP contribution is 2.23. The molecule has 0 saturated heterocycles. The van der Waals surface area contributed by atoms with E-state index in [9.17, 15) is 9.18 Å². The molecular weight excluding hydrogens is 263 g/mol. The molecule has 0 aromatic heterocycles. The minimum Gasteiger partial charge on any atom is -0.289 e. The van der Waals surface area contributed by atoms with Gasteiger partial charge in [0.1, 0.15) is 5.82 Å². The van der Waals surface area contributed by atoms with Gasteiger partial charge in [-0.05, 0) is 55.7 Å². The Labute approximate surface area is 117 Å². The molecule has 2 aromatic carbocycles. The van der Waals surface area contributed by atoms with Crippen LogP contribution in [0.2, 0.25) is 5.02 Å². The van der Waals surface area contributed by atoms with Gasteiger partial charge in [-0.2, -0.15) is 0 Å². The van der Waals surface area contributed by atoms with Crippen molar-refractivity contribution in [3.05, 3.63) is 69.0 Å². The second-order valence-corrected chi connectivity index (χ2v) is 5.11. The fraction of sp³-hybridized carbons (Fsp3) is 0.188. The van der Waals surface area contributed by atoms with Crippen LogP contribution >= 0.6 is 11.6 Å². The van der Waals surface area contributed by atoms with Gasteiger partial charge >= 0.3 is 0 Å². The van der Waals surface area contributed by atoms with Crippen molar-refractivity contribution >= 4 is 17.4 Å². The zero-order valence-corrected chi connectivity index (χ0v) is 11.8. The number of carbonyl (C=O) groups is 1. The highest BCUT2D eigenvalue weighted by Gasteiger charge is 2.16. The van der Waals surface area contributed by atoms with Crippen molar-refractivity contribution in [3.8, 4) is 0 Å². The summed E-state index contributed by atoms with van der Waals surface area (Å²) in [5, 5.41) is 0.559. The monoisotopic (exact) mass is 276 g/mol. The zero-order chi connectivity index (χ0) is 14.2. The third kappa shape index (κ3) is 2.69. The summed E-state index contributed by atoms with van der Waals surface area (Å²) in [6.45, 7) is 5.35. The Morgan fingerprint density at radius 1 is 1.00 bits per heavy atom. The Bertz CT molecular complexity index is 639. The molecule has 0 bridgehead atoms. The fourth-order valence-corrected chi connectivity index (χ4v) is 2.33. The van der Waals surface area contributed by atoms with E-state index >= 15 is 0 Å². The Kier molecular flexibility index (Phi) is 3.72. The van der Waals surface area contributed by atoms with E-state index in [1.807, 2.05) is 13.0 Å². The number of hydrogen-bond acceptors (Lipinski definition) is 1. The van der Waals surface area contributed by atoms with E-state index in [-0.39, 0.29) is 11.6 Å². The van der Waals surface area contributed by atoms with Gasteiger partial charge < -0.3 is 0 Å². The number of rotatable bonds is 2. The van der Waals surface area contributed by atoms with E-state index in [1.165, 1.54) is 12.1 Å². The first-order chi connectivity index (χ1) is 8.90. The molecule has 2 rings (SSSR count). The van der Waals surface area contributed by atoms with Gasteiger partial charge in [0.25, 0.3) is 0 Å². The van der Waals surface area contributed by atoms with Gasteiger partial charge in [-0.25, -0.2) is 4.39 Å². The maximum Gasteiger partial charge on any atom is 0.193 e. The standard InChI is InChI=1S/C16H14ClFO/c1-9-4-5-12(8-14(9)17)16(19)15-10(2)6-13(18)7-11(15)3/h4-8H,1-3H3. The Morgan fingerprint density at radius 3 is 2.11 bits per heavy atom. The molecule has 0 saturated carbocycles. The Balaban J connectivity index is 2.53. The minimum atomic E-state index is -0.325. The molecular formula is C16H14ClFO. The maximum absolute atomic E-state index is 13.3. The minimum absolute atomic E-state index is 0.128. The average Bonchev–Trinajstić information content (AvgIpc) is 2.31. The molecule has 98 valence electrons. The lowest BCUT2D eigenvalue weighted by atomic mass is 9.94. The molecule has 1 nitrogen and oxygen atoms in total. The normalized spacial score (nSPS) is 10.6. The SMILES string of the molecule is Cc1ccc(C(=O)c2c(C)cc(F)cc2C)cc1Cl. The molecule has 0 unspecified atom stereocenters. The van der Waals surface area contributed by atoms with E-state index in [0.717, 1.165) is 5.56 Å². The summed E-state index contributed by atoms with van der Waals surface area (Å²) in [5.41, 5.74) is 3.26. The summed E-state index contributed by atoms with van der Waals surface area (Å²) in [4.78, 5) is 12.5. The van der Waals surface area contributed by atoms with Crippen LogP contribution < -0.4 is 0 Å². The van der Waals surface area contributed by atoms with Gasteiger partial charge in [0.05, 0.1) is 0 Å². The quantitative estimate of drug-likeness (QED) is 0.731. The highest BCUT2D eigenvalue weighted by atomic mass is 35.5. The topological polar surface area (TPSA) is 17.1 Å². The number of hydrogen-bond donors (Lipinski definition) is 0. The molecule has 0 aliphatic carbocycles. The van der Waals surface area contributed by atoms with Crippen molar-refractivity contribution in [2.24, 2.45) is 0 Å². The van der Waals surface area contributed by atoms with Gasteiger partial charge in [-0.1, -0.05) is 23.7 Å². The van der Waals surface area contributed by atoms with Crippen LogP contribution in [0.4, 0.5) is 4.39 Å². The van der Waals surface area contributed by atoms with Gasteiger partial charge in [0.15, 0.2) is 5.78 Å². The predicted molar refractivity (Wildman–Crippen MR) is 75.5 cm³/mol. The van der Waals surface area contributed by atoms with Crippen molar-refractivity contribution in [2.45, 2.75) is 20.8 Å². The number of ketones is 1. The van der Waals surface area contributed by atoms with Crippen LogP contribution in [0.25, 0.3) is 0 Å². The molecule has 2 aromatic rings. The van der Waals surface area contributed by atoms with Crippen LogP contribution in [0.15, 0.2) is 30.3 Å². The van der Waals surface area contributed by atoms with E-state index < -0.39 is 0 Å². The molecule has 0 aliphatic rings. The largest absolute Gasteiger partial charge is 0.289 e. The van der Waals surface area contributed by atoms with Crippen LogP contribution in [0, 0.1) is 26.6 Å². The molecule has 3 heteroatoms. The smallest absolute Gasteiger partial charge is 0.193 e. The number of halogens is 2. The Morgan fingerprint density at radius 2 is 1.58 bits per heavy atom. The van der Waals surface area contributed by atoms with E-state index in [0.29, 0.717) is 27.3 Å². The first-order valence-electron chi connectivity index (χ1n) is 5.97. The summed E-state index contributed by atoms with van der Waals surface area (Å²) >= 11 is 6.04. The molecule has 0 radical (unpaired) electrons. The first kappa shape index (κ1) is 13.8. The van der Waals surface area contributed by atoms with E-state index in [2.05, 4.69) is 0 Å². The molecule has 0 amide bonds. The molecule has 19 heavy (non-hydrogen) atoms. The van der Waals surface area contributed by atoms with Crippen LogP contribution in [-0.4, -0.2) is 5.78 Å². The van der Waals surface area contributed by atoms with Gasteiger partial charge in [-0.3, -0.25) is 4.79 Å². The van der Waals surface area contributed by atoms with Gasteiger partial charge in [0.2, 0.25) is 0 Å². The Hall–Kier alpha value is -1.67. The van der Waals surface area contributed by atoms with Crippen molar-refractivity contribution in [1.29, 1.82) is 0 Å². The lowest BCUT2D eigenvalue weighted by Gasteiger charge is -2.10. The van der Waals surface area contributed by atoms with Crippen molar-refractivity contribution < 1.29 is 9.18 Å². The molecule has 0 fully saturated rings. The van der Waals surface area contributed by atoms with Gasteiger partial charge in [-0.15, -0.1) is 0 Å². The van der Waals surface area contributed by atoms with Crippen LogP contribution in [-0.2, 0) is 0 Å². The third-order valence-electron chi connectivity index (χ3n) is 3.16. The lowest BCUT2D eigenvalue weighted by Crippen LogP contribution is -2.07. The van der Waals surface area contributed by atoms with Crippen molar-refractivity contribution in [2.75, 3.05) is 0 Å². The molecule has 0 N–H and O–H groups in total. The van der Waals surface area contributed by atoms with E-state index in [1.54, 1.807) is 26.0 Å². The summed E-state index contributed by atoms with van der Waals surface area (Å²) in [5.74, 6) is -0.453. The van der Waals surface area contributed by atoms with E-state index in [4.69, 9.17) is 11.6 Å². The molecule has 0 aliphatic heterocycles. The second kappa shape index (κ2) is 5.14. The molecule has 0 spiro atoms. The predicted octanol–water partition coefficient (Wildman–Crippen LogP) is 4.64. The number of benzene rings is 2. The molecule has 0 atom stereocenters. The van der Waals surface area contributed by atoms with Gasteiger partial charge in [0, 0.05) is 16.1 Å². The summed E-state index contributed by atoms with van der Waals surface area (Å²) in [6.07, 6.45) is 0. The number of aryl methyl sites for hydroxylation is 3. The molecule has 0 heterocycles. The second-order valence-electron chi connectivity index (χ2n) is 4.71. The summed E-state index contributed by atoms with van der Waals surface area (Å²) < 4.78 is 13.3. The summed E-state index contributed by atoms with van der Waals surface area (Å²) in [7, 11) is 0. The lowest BCUT2D eigenvalue weighted by molar-refractivity contribution is 0.103. The van der Waals surface area contributed by atoms with Crippen molar-refractivity contribution in [1.82, 2.24) is 0 Å². The fourth-order valence-electron chi connectivity index (χ4n) is 2.15. The van der Waals surface area contributed by atoms with Crippen LogP contribution in [0.5, 0.6) is 0 Å². The highest BCUT2D eigenvalue weighted by molar-refractivity contribution is 6.32. The third-order valence-corrected chi connectivity index (χ3v) is 3.57. The average molecular weight is 277 g/mol. The zero-order valence-electron chi connectivity index (χ0n) is 11.1. The van der Waals surface area contributed by atoms with Crippen molar-refractivity contribution in [3.63, 3.8) is 0 Å². The maximum atomic E-state index is 13.3. The van der Waals surface area contributed by atoms with Crippen LogP contribution in [0.1, 0.15) is 32.6 Å². The number of carbonyl (C=O) groups excluding carboxylic acids is 1. The first-order valence-corrected chi connectivity index (χ1v) is 6.35.